The van der Waals surface area contributed by atoms with E-state index >= 15 is 0 Å². The molecule has 0 spiro atoms. The average molecular weight is 305 g/mol. The number of aromatic nitrogens is 2. The van der Waals surface area contributed by atoms with Crippen LogP contribution in [0.15, 0.2) is 36.7 Å². The van der Waals surface area contributed by atoms with Crippen LogP contribution < -0.4 is 5.32 Å². The SMILES string of the molecule is CSCc1ccc(C(=O)Nc2cnn(CC(=O)O)c2)cc1. The van der Waals surface area contributed by atoms with Gasteiger partial charge in [-0.1, -0.05) is 12.1 Å². The Morgan fingerprint density at radius 3 is 2.67 bits per heavy atom. The summed E-state index contributed by atoms with van der Waals surface area (Å²) in [4.78, 5) is 22.6. The molecule has 1 heterocycles. The van der Waals surface area contributed by atoms with E-state index in [1.165, 1.54) is 17.1 Å². The van der Waals surface area contributed by atoms with Crippen LogP contribution in [0.25, 0.3) is 0 Å². The van der Waals surface area contributed by atoms with Crippen molar-refractivity contribution in [3.05, 3.63) is 47.8 Å². The minimum Gasteiger partial charge on any atom is -0.480 e. The lowest BCUT2D eigenvalue weighted by Gasteiger charge is -2.04. The molecule has 0 unspecified atom stereocenters. The Bertz CT molecular complexity index is 637. The number of thioether (sulfide) groups is 1. The number of carbonyl (C=O) groups is 2. The zero-order chi connectivity index (χ0) is 15.2. The van der Waals surface area contributed by atoms with Gasteiger partial charge in [-0.25, -0.2) is 0 Å². The number of hydrogen-bond donors (Lipinski definition) is 2. The number of nitrogens with zero attached hydrogens (tertiary/aromatic N) is 2. The summed E-state index contributed by atoms with van der Waals surface area (Å²) in [6, 6.07) is 7.36. The third-order valence-electron chi connectivity index (χ3n) is 2.72. The largest absolute Gasteiger partial charge is 0.480 e. The van der Waals surface area contributed by atoms with E-state index in [1.807, 2.05) is 18.4 Å². The molecule has 0 aliphatic heterocycles. The molecule has 2 aromatic rings. The molecule has 110 valence electrons. The highest BCUT2D eigenvalue weighted by molar-refractivity contribution is 7.97. The van der Waals surface area contributed by atoms with Crippen LogP contribution >= 0.6 is 11.8 Å². The topological polar surface area (TPSA) is 84.2 Å². The highest BCUT2D eigenvalue weighted by Crippen LogP contribution is 2.12. The number of nitrogens with one attached hydrogen (secondary N) is 1. The summed E-state index contributed by atoms with van der Waals surface area (Å²) >= 11 is 1.72. The third-order valence-corrected chi connectivity index (χ3v) is 3.34. The van der Waals surface area contributed by atoms with Crippen LogP contribution in [-0.2, 0) is 17.1 Å². The molecule has 0 saturated heterocycles. The standard InChI is InChI=1S/C14H15N3O3S/c1-21-9-10-2-4-11(5-3-10)14(20)16-12-6-15-17(7-12)8-13(18)19/h2-7H,8-9H2,1H3,(H,16,20)(H,18,19). The lowest BCUT2D eigenvalue weighted by molar-refractivity contribution is -0.137. The Morgan fingerprint density at radius 2 is 2.05 bits per heavy atom. The molecule has 6 nitrogen and oxygen atoms in total. The van der Waals surface area contributed by atoms with Crippen molar-refractivity contribution >= 4 is 29.3 Å². The van der Waals surface area contributed by atoms with Gasteiger partial charge in [-0.2, -0.15) is 16.9 Å². The van der Waals surface area contributed by atoms with E-state index in [2.05, 4.69) is 10.4 Å². The molecule has 0 fully saturated rings. The van der Waals surface area contributed by atoms with Crippen molar-refractivity contribution in [2.75, 3.05) is 11.6 Å². The molecule has 0 saturated carbocycles. The maximum Gasteiger partial charge on any atom is 0.325 e. The molecule has 2 rings (SSSR count). The zero-order valence-corrected chi connectivity index (χ0v) is 12.3. The normalized spacial score (nSPS) is 10.3. The van der Waals surface area contributed by atoms with Gasteiger partial charge in [0.05, 0.1) is 11.9 Å². The Morgan fingerprint density at radius 1 is 1.33 bits per heavy atom. The van der Waals surface area contributed by atoms with E-state index in [9.17, 15) is 9.59 Å². The van der Waals surface area contributed by atoms with E-state index in [0.29, 0.717) is 11.3 Å². The van der Waals surface area contributed by atoms with Crippen LogP contribution in [0.4, 0.5) is 5.69 Å². The summed E-state index contributed by atoms with van der Waals surface area (Å²) in [5.41, 5.74) is 2.17. The summed E-state index contributed by atoms with van der Waals surface area (Å²) in [5.74, 6) is -0.329. The molecule has 0 aliphatic carbocycles. The van der Waals surface area contributed by atoms with Crippen molar-refractivity contribution in [1.29, 1.82) is 0 Å². The number of carbonyl (C=O) groups excluding carboxylic acids is 1. The Labute approximate surface area is 126 Å². The summed E-state index contributed by atoms with van der Waals surface area (Å²) in [6.45, 7) is -0.237. The average Bonchev–Trinajstić information content (AvgIpc) is 2.86. The third kappa shape index (κ3) is 4.35. The first kappa shape index (κ1) is 15.1. The van der Waals surface area contributed by atoms with Crippen molar-refractivity contribution in [2.24, 2.45) is 0 Å². The molecular formula is C14H15N3O3S. The van der Waals surface area contributed by atoms with Gasteiger partial charge in [0, 0.05) is 17.5 Å². The Hall–Kier alpha value is -2.28. The number of rotatable bonds is 6. The van der Waals surface area contributed by atoms with Crippen molar-refractivity contribution in [2.45, 2.75) is 12.3 Å². The van der Waals surface area contributed by atoms with Crippen LogP contribution in [0.5, 0.6) is 0 Å². The summed E-state index contributed by atoms with van der Waals surface area (Å²) in [5, 5.41) is 15.2. The highest BCUT2D eigenvalue weighted by atomic mass is 32.2. The van der Waals surface area contributed by atoms with Gasteiger partial charge >= 0.3 is 5.97 Å². The molecule has 0 radical (unpaired) electrons. The molecular weight excluding hydrogens is 290 g/mol. The maximum atomic E-state index is 12.0. The fourth-order valence-corrected chi connectivity index (χ4v) is 2.30. The van der Waals surface area contributed by atoms with Crippen LogP contribution in [0.1, 0.15) is 15.9 Å². The number of benzene rings is 1. The molecule has 1 aromatic heterocycles. The Kier molecular flexibility index (Phi) is 4.99. The van der Waals surface area contributed by atoms with Crippen LogP contribution in [0, 0.1) is 0 Å². The molecule has 21 heavy (non-hydrogen) atoms. The van der Waals surface area contributed by atoms with Gasteiger partial charge in [-0.3, -0.25) is 14.3 Å². The predicted molar refractivity (Wildman–Crippen MR) is 81.5 cm³/mol. The zero-order valence-electron chi connectivity index (χ0n) is 11.4. The van der Waals surface area contributed by atoms with Crippen LogP contribution in [0.3, 0.4) is 0 Å². The van der Waals surface area contributed by atoms with E-state index < -0.39 is 5.97 Å². The van der Waals surface area contributed by atoms with Gasteiger partial charge in [-0.15, -0.1) is 0 Å². The molecule has 0 bridgehead atoms. The molecule has 1 aromatic carbocycles. The van der Waals surface area contributed by atoms with E-state index in [4.69, 9.17) is 5.11 Å². The minimum absolute atomic E-state index is 0.237. The minimum atomic E-state index is -0.986. The monoisotopic (exact) mass is 305 g/mol. The molecule has 0 atom stereocenters. The van der Waals surface area contributed by atoms with Gasteiger partial charge in [0.1, 0.15) is 6.54 Å². The van der Waals surface area contributed by atoms with Crippen molar-refractivity contribution in [3.63, 3.8) is 0 Å². The number of carboxylic acids is 1. The summed E-state index contributed by atoms with van der Waals surface area (Å²) in [6.07, 6.45) is 4.92. The first-order valence-corrected chi connectivity index (χ1v) is 7.61. The van der Waals surface area contributed by atoms with E-state index in [1.54, 1.807) is 23.9 Å². The first-order chi connectivity index (χ1) is 10.1. The second-order valence-corrected chi connectivity index (χ2v) is 5.27. The second kappa shape index (κ2) is 6.94. The number of amides is 1. The lowest BCUT2D eigenvalue weighted by atomic mass is 10.1. The Balaban J connectivity index is 2.00. The van der Waals surface area contributed by atoms with E-state index in [-0.39, 0.29) is 12.5 Å². The molecule has 0 aliphatic rings. The summed E-state index contributed by atoms with van der Waals surface area (Å²) in [7, 11) is 0. The first-order valence-electron chi connectivity index (χ1n) is 6.22. The highest BCUT2D eigenvalue weighted by Gasteiger charge is 2.08. The summed E-state index contributed by atoms with van der Waals surface area (Å²) < 4.78 is 1.25. The van der Waals surface area contributed by atoms with Crippen LogP contribution in [-0.4, -0.2) is 33.0 Å². The number of aliphatic carboxylic acids is 1. The fraction of sp³-hybridized carbons (Fsp3) is 0.214. The maximum absolute atomic E-state index is 12.0. The molecule has 1 amide bonds. The number of hydrogen-bond acceptors (Lipinski definition) is 4. The number of carboxylic acid groups (broad SMARTS) is 1. The number of anilines is 1. The van der Waals surface area contributed by atoms with Crippen molar-refractivity contribution in [3.8, 4) is 0 Å². The smallest absolute Gasteiger partial charge is 0.325 e. The van der Waals surface area contributed by atoms with Gasteiger partial charge in [0.25, 0.3) is 5.91 Å². The molecule has 2 N–H and O–H groups in total. The van der Waals surface area contributed by atoms with E-state index in [0.717, 1.165) is 11.3 Å². The second-order valence-electron chi connectivity index (χ2n) is 4.40. The van der Waals surface area contributed by atoms with Gasteiger partial charge < -0.3 is 10.4 Å². The van der Waals surface area contributed by atoms with Gasteiger partial charge in [0.15, 0.2) is 0 Å². The van der Waals surface area contributed by atoms with Crippen molar-refractivity contribution in [1.82, 2.24) is 9.78 Å². The predicted octanol–water partition coefficient (Wildman–Crippen LogP) is 2.08. The lowest BCUT2D eigenvalue weighted by Crippen LogP contribution is -2.12. The van der Waals surface area contributed by atoms with Gasteiger partial charge in [0.2, 0.25) is 0 Å². The quantitative estimate of drug-likeness (QED) is 0.853. The van der Waals surface area contributed by atoms with Crippen molar-refractivity contribution < 1.29 is 14.7 Å². The van der Waals surface area contributed by atoms with Gasteiger partial charge in [-0.05, 0) is 24.0 Å². The molecule has 7 heteroatoms. The van der Waals surface area contributed by atoms with Crippen LogP contribution in [0.2, 0.25) is 0 Å². The fourth-order valence-electron chi connectivity index (χ4n) is 1.78.